The number of hydrogen-bond donors (Lipinski definition) is 1. The minimum absolute atomic E-state index is 0.00775. The predicted molar refractivity (Wildman–Crippen MR) is 102 cm³/mol. The molecular weight excluding hydrogens is 402 g/mol. The van der Waals surface area contributed by atoms with E-state index in [2.05, 4.69) is 0 Å². The fraction of sp³-hybridized carbons (Fsp3) is 0.632. The number of benzene rings is 1. The highest BCUT2D eigenvalue weighted by atomic mass is 32.2. The average Bonchev–Trinajstić information content (AvgIpc) is 2.71. The third-order valence-electron chi connectivity index (χ3n) is 5.21. The molecule has 0 radical (unpaired) electrons. The second kappa shape index (κ2) is 9.40. The van der Waals surface area contributed by atoms with Crippen molar-refractivity contribution in [1.29, 1.82) is 0 Å². The Morgan fingerprint density at radius 2 is 2.00 bits per heavy atom. The number of β-amino-alcohol motifs (C(OH)–C–C–N with tert-alkyl or cyclic N) is 1. The minimum Gasteiger partial charge on any atom is -0.495 e. The van der Waals surface area contributed by atoms with Crippen molar-refractivity contribution in [2.75, 3.05) is 34.0 Å². The lowest BCUT2D eigenvalue weighted by molar-refractivity contribution is -0.157. The van der Waals surface area contributed by atoms with Gasteiger partial charge in [-0.05, 0) is 25.0 Å². The van der Waals surface area contributed by atoms with Crippen LogP contribution < -0.4 is 4.74 Å². The Bertz CT molecular complexity index is 814. The van der Waals surface area contributed by atoms with Gasteiger partial charge in [0.25, 0.3) is 0 Å². The smallest absolute Gasteiger partial charge is 0.308 e. The maximum atomic E-state index is 13.5. The van der Waals surface area contributed by atoms with Crippen molar-refractivity contribution < 1.29 is 37.3 Å². The molecule has 3 rings (SSSR count). The monoisotopic (exact) mass is 429 g/mol. The van der Waals surface area contributed by atoms with Crippen molar-refractivity contribution in [3.05, 3.63) is 24.3 Å². The van der Waals surface area contributed by atoms with Crippen molar-refractivity contribution in [3.63, 3.8) is 0 Å². The van der Waals surface area contributed by atoms with Crippen LogP contribution in [0.5, 0.6) is 5.75 Å². The first-order valence-electron chi connectivity index (χ1n) is 9.49. The second-order valence-electron chi connectivity index (χ2n) is 7.14. The summed E-state index contributed by atoms with van der Waals surface area (Å²) in [5.41, 5.74) is 0. The van der Waals surface area contributed by atoms with Crippen LogP contribution in [0.3, 0.4) is 0 Å². The number of methoxy groups -OCH3 is 2. The molecule has 0 saturated carbocycles. The Labute approximate surface area is 170 Å². The van der Waals surface area contributed by atoms with Gasteiger partial charge < -0.3 is 24.1 Å². The van der Waals surface area contributed by atoms with E-state index < -0.39 is 28.3 Å². The van der Waals surface area contributed by atoms with Crippen LogP contribution in [0.2, 0.25) is 0 Å². The van der Waals surface area contributed by atoms with Gasteiger partial charge in [0.2, 0.25) is 10.0 Å². The van der Waals surface area contributed by atoms with E-state index in [9.17, 15) is 18.3 Å². The van der Waals surface area contributed by atoms with Crippen molar-refractivity contribution in [2.45, 2.75) is 48.5 Å². The summed E-state index contributed by atoms with van der Waals surface area (Å²) in [6.07, 6.45) is -0.834. The molecule has 0 aliphatic carbocycles. The molecule has 2 saturated heterocycles. The normalized spacial score (nSPS) is 28.7. The summed E-state index contributed by atoms with van der Waals surface area (Å²) in [5.74, 6) is -0.147. The van der Waals surface area contributed by atoms with Crippen LogP contribution >= 0.6 is 0 Å². The van der Waals surface area contributed by atoms with Crippen LogP contribution in [0.1, 0.15) is 19.3 Å². The number of fused-ring (bicyclic) bond motifs is 1. The van der Waals surface area contributed by atoms with Crippen LogP contribution in [0.15, 0.2) is 29.2 Å². The fourth-order valence-electron chi connectivity index (χ4n) is 3.80. The van der Waals surface area contributed by atoms with Gasteiger partial charge in [-0.15, -0.1) is 0 Å². The van der Waals surface area contributed by atoms with Crippen molar-refractivity contribution in [1.82, 2.24) is 4.31 Å². The Balaban J connectivity index is 1.90. The van der Waals surface area contributed by atoms with E-state index in [4.69, 9.17) is 18.9 Å². The Hall–Kier alpha value is -1.72. The first-order chi connectivity index (χ1) is 13.9. The zero-order chi connectivity index (χ0) is 21.0. The Morgan fingerprint density at radius 1 is 1.24 bits per heavy atom. The van der Waals surface area contributed by atoms with Crippen LogP contribution in [-0.4, -0.2) is 82.1 Å². The molecule has 9 nitrogen and oxygen atoms in total. The summed E-state index contributed by atoms with van der Waals surface area (Å²) in [7, 11) is -1.25. The Morgan fingerprint density at radius 3 is 2.72 bits per heavy atom. The molecule has 0 unspecified atom stereocenters. The molecule has 1 N–H and O–H groups in total. The fourth-order valence-corrected chi connectivity index (χ4v) is 5.67. The molecule has 0 aromatic heterocycles. The molecule has 4 atom stereocenters. The molecule has 2 fully saturated rings. The van der Waals surface area contributed by atoms with Crippen LogP contribution in [-0.2, 0) is 29.0 Å². The lowest BCUT2D eigenvalue weighted by Crippen LogP contribution is -2.57. The highest BCUT2D eigenvalue weighted by Crippen LogP contribution is 2.34. The predicted octanol–water partition coefficient (Wildman–Crippen LogP) is 0.556. The molecular formula is C19H27NO8S. The number of carbonyl (C=O) groups is 1. The van der Waals surface area contributed by atoms with E-state index in [1.54, 1.807) is 18.2 Å². The van der Waals surface area contributed by atoms with Gasteiger partial charge >= 0.3 is 5.97 Å². The van der Waals surface area contributed by atoms with E-state index in [0.717, 1.165) is 0 Å². The number of nitrogens with zero attached hydrogens (tertiary/aromatic N) is 1. The van der Waals surface area contributed by atoms with Gasteiger partial charge in [0.05, 0.1) is 58.2 Å². The highest BCUT2D eigenvalue weighted by molar-refractivity contribution is 7.89. The number of ether oxygens (including phenoxy) is 4. The zero-order valence-electron chi connectivity index (χ0n) is 16.5. The van der Waals surface area contributed by atoms with E-state index in [0.29, 0.717) is 12.8 Å². The van der Waals surface area contributed by atoms with Crippen molar-refractivity contribution >= 4 is 16.0 Å². The number of rotatable bonds is 5. The summed E-state index contributed by atoms with van der Waals surface area (Å²) in [6, 6.07) is 5.85. The molecule has 0 bridgehead atoms. The summed E-state index contributed by atoms with van der Waals surface area (Å²) >= 11 is 0. The molecule has 162 valence electrons. The van der Waals surface area contributed by atoms with Gasteiger partial charge in [-0.25, -0.2) is 8.42 Å². The summed E-state index contributed by atoms with van der Waals surface area (Å²) in [4.78, 5) is 11.6. The zero-order valence-corrected chi connectivity index (χ0v) is 17.3. The van der Waals surface area contributed by atoms with Crippen LogP contribution in [0.4, 0.5) is 0 Å². The number of aliphatic hydroxyl groups excluding tert-OH is 1. The standard InChI is InChI=1S/C19H27NO8S/c1-25-16-5-3-4-6-18(16)29(23,24)20-10-13(21)11-27-12-17-15(20)8-7-14(28-17)9-19(22)26-2/h3-6,13-15,17,21H,7-12H2,1-2H3/t13-,14-,15-,17+/m1/s1. The number of hydrogen-bond acceptors (Lipinski definition) is 8. The first-order valence-corrected chi connectivity index (χ1v) is 10.9. The number of esters is 1. The molecule has 10 heteroatoms. The Kier molecular flexibility index (Phi) is 7.12. The van der Waals surface area contributed by atoms with E-state index >= 15 is 0 Å². The van der Waals surface area contributed by atoms with Gasteiger partial charge in [0, 0.05) is 6.54 Å². The van der Waals surface area contributed by atoms with Crippen molar-refractivity contribution in [2.24, 2.45) is 0 Å². The van der Waals surface area contributed by atoms with Gasteiger partial charge in [-0.2, -0.15) is 4.31 Å². The van der Waals surface area contributed by atoms with Crippen LogP contribution in [0.25, 0.3) is 0 Å². The molecule has 29 heavy (non-hydrogen) atoms. The molecule has 1 aromatic rings. The molecule has 2 aliphatic heterocycles. The molecule has 0 amide bonds. The van der Waals surface area contributed by atoms with E-state index in [1.807, 2.05) is 0 Å². The lowest BCUT2D eigenvalue weighted by Gasteiger charge is -2.43. The minimum atomic E-state index is -3.97. The first kappa shape index (κ1) is 22.0. The summed E-state index contributed by atoms with van der Waals surface area (Å²) in [5, 5.41) is 10.3. The second-order valence-corrected chi connectivity index (χ2v) is 9.00. The van der Waals surface area contributed by atoms with Gasteiger partial charge in [0.15, 0.2) is 0 Å². The topological polar surface area (TPSA) is 112 Å². The number of para-hydroxylation sites is 1. The number of carbonyl (C=O) groups excluding carboxylic acids is 1. The molecule has 2 heterocycles. The highest BCUT2D eigenvalue weighted by Gasteiger charge is 2.43. The molecule has 1 aromatic carbocycles. The number of aliphatic hydroxyl groups is 1. The SMILES string of the molecule is COC(=O)C[C@H]1CC[C@@H]2[C@H](COC[C@H](O)CN2S(=O)(=O)c2ccccc2OC)O1. The third kappa shape index (κ3) is 4.89. The van der Waals surface area contributed by atoms with Crippen molar-refractivity contribution in [3.8, 4) is 5.75 Å². The largest absolute Gasteiger partial charge is 0.495 e. The summed E-state index contributed by atoms with van der Waals surface area (Å²) < 4.78 is 49.8. The van der Waals surface area contributed by atoms with Crippen LogP contribution in [0, 0.1) is 0 Å². The third-order valence-corrected chi connectivity index (χ3v) is 7.14. The number of sulfonamides is 1. The average molecular weight is 429 g/mol. The maximum absolute atomic E-state index is 13.5. The summed E-state index contributed by atoms with van der Waals surface area (Å²) in [6.45, 7) is -0.00386. The van der Waals surface area contributed by atoms with E-state index in [1.165, 1.54) is 24.6 Å². The maximum Gasteiger partial charge on any atom is 0.308 e. The van der Waals surface area contributed by atoms with E-state index in [-0.39, 0.29) is 48.9 Å². The van der Waals surface area contributed by atoms with Gasteiger partial charge in [-0.3, -0.25) is 4.79 Å². The quantitative estimate of drug-likeness (QED) is 0.676. The van der Waals surface area contributed by atoms with Gasteiger partial charge in [-0.1, -0.05) is 12.1 Å². The van der Waals surface area contributed by atoms with Gasteiger partial charge in [0.1, 0.15) is 10.6 Å². The lowest BCUT2D eigenvalue weighted by atomic mass is 9.96. The molecule has 0 spiro atoms. The molecule has 2 aliphatic rings.